The third-order valence-electron chi connectivity index (χ3n) is 3.38. The lowest BCUT2D eigenvalue weighted by Gasteiger charge is -2.20. The van der Waals surface area contributed by atoms with Crippen molar-refractivity contribution in [3.63, 3.8) is 0 Å². The van der Waals surface area contributed by atoms with E-state index in [0.29, 0.717) is 12.2 Å². The molecular formula is C15H27NO5Si. The van der Waals surface area contributed by atoms with Gasteiger partial charge in [-0.3, -0.25) is 0 Å². The minimum atomic E-state index is -0.946. The van der Waals surface area contributed by atoms with Crippen LogP contribution in [0.2, 0.25) is 12.1 Å². The van der Waals surface area contributed by atoms with Crippen molar-refractivity contribution in [3.8, 4) is 0 Å². The average Bonchev–Trinajstić information content (AvgIpc) is 2.52. The standard InChI is InChI=1S/C15H27NO5Si/c1-13(2)14(17)19-10-7-16-15(18)20-8-3-5-11-22-12-6-4-9-21-22/h22H,1,3-12H2,2H3,(H,16,18). The molecule has 0 spiro atoms. The first-order valence-electron chi connectivity index (χ1n) is 7.94. The molecule has 1 heterocycles. The molecule has 126 valence electrons. The Kier molecular flexibility index (Phi) is 9.57. The van der Waals surface area contributed by atoms with Gasteiger partial charge in [-0.05, 0) is 31.9 Å². The first kappa shape index (κ1) is 18.7. The normalized spacial score (nSPS) is 17.6. The molecule has 1 unspecified atom stereocenters. The van der Waals surface area contributed by atoms with Crippen molar-refractivity contribution in [1.29, 1.82) is 0 Å². The van der Waals surface area contributed by atoms with E-state index in [-0.39, 0.29) is 13.2 Å². The van der Waals surface area contributed by atoms with E-state index in [1.165, 1.54) is 24.9 Å². The summed E-state index contributed by atoms with van der Waals surface area (Å²) in [5, 5.41) is 2.53. The van der Waals surface area contributed by atoms with Gasteiger partial charge in [0.15, 0.2) is 9.04 Å². The fourth-order valence-corrected chi connectivity index (χ4v) is 4.76. The molecule has 1 atom stereocenters. The molecule has 1 saturated heterocycles. The number of hydrogen-bond acceptors (Lipinski definition) is 5. The van der Waals surface area contributed by atoms with Crippen LogP contribution in [0.3, 0.4) is 0 Å². The number of carbonyl (C=O) groups excluding carboxylic acids is 2. The van der Waals surface area contributed by atoms with Crippen LogP contribution < -0.4 is 5.32 Å². The SMILES string of the molecule is C=C(C)C(=O)OCCNC(=O)OCCCC[SiH]1CCCCO1. The summed E-state index contributed by atoms with van der Waals surface area (Å²) in [5.41, 5.74) is 0.341. The highest BCUT2D eigenvalue weighted by molar-refractivity contribution is 6.51. The van der Waals surface area contributed by atoms with Gasteiger partial charge >= 0.3 is 12.1 Å². The van der Waals surface area contributed by atoms with E-state index in [9.17, 15) is 9.59 Å². The van der Waals surface area contributed by atoms with Crippen molar-refractivity contribution in [3.05, 3.63) is 12.2 Å². The lowest BCUT2D eigenvalue weighted by Crippen LogP contribution is -2.29. The molecular weight excluding hydrogens is 302 g/mol. The van der Waals surface area contributed by atoms with E-state index in [4.69, 9.17) is 13.9 Å². The van der Waals surface area contributed by atoms with Crippen molar-refractivity contribution >= 4 is 21.1 Å². The number of carbonyl (C=O) groups is 2. The van der Waals surface area contributed by atoms with E-state index in [2.05, 4.69) is 11.9 Å². The van der Waals surface area contributed by atoms with E-state index < -0.39 is 21.1 Å². The molecule has 0 aromatic heterocycles. The molecule has 0 aromatic carbocycles. The smallest absolute Gasteiger partial charge is 0.407 e. The maximum absolute atomic E-state index is 11.4. The van der Waals surface area contributed by atoms with Gasteiger partial charge < -0.3 is 19.2 Å². The number of unbranched alkanes of at least 4 members (excludes halogenated alkanes) is 1. The van der Waals surface area contributed by atoms with Crippen LogP contribution in [0.15, 0.2) is 12.2 Å². The Morgan fingerprint density at radius 1 is 1.23 bits per heavy atom. The monoisotopic (exact) mass is 329 g/mol. The lowest BCUT2D eigenvalue weighted by atomic mass is 10.3. The van der Waals surface area contributed by atoms with E-state index in [1.807, 2.05) is 0 Å². The number of ether oxygens (including phenoxy) is 2. The number of hydrogen-bond donors (Lipinski definition) is 1. The fourth-order valence-electron chi connectivity index (χ4n) is 2.15. The van der Waals surface area contributed by atoms with Crippen LogP contribution >= 0.6 is 0 Å². The minimum absolute atomic E-state index is 0.116. The molecule has 1 N–H and O–H groups in total. The summed E-state index contributed by atoms with van der Waals surface area (Å²) in [4.78, 5) is 22.5. The molecule has 1 fully saturated rings. The predicted octanol–water partition coefficient (Wildman–Crippen LogP) is 2.15. The summed E-state index contributed by atoms with van der Waals surface area (Å²) in [6.45, 7) is 6.75. The van der Waals surface area contributed by atoms with Gasteiger partial charge in [-0.15, -0.1) is 0 Å². The molecule has 0 aromatic rings. The molecule has 0 saturated carbocycles. The van der Waals surface area contributed by atoms with E-state index in [1.54, 1.807) is 6.92 Å². The van der Waals surface area contributed by atoms with Crippen LogP contribution in [0.1, 0.15) is 32.6 Å². The van der Waals surface area contributed by atoms with Gasteiger partial charge in [0.2, 0.25) is 0 Å². The second-order valence-electron chi connectivity index (χ2n) is 5.46. The van der Waals surface area contributed by atoms with Gasteiger partial charge in [-0.25, -0.2) is 9.59 Å². The third kappa shape index (κ3) is 8.84. The number of nitrogens with one attached hydrogen (secondary N) is 1. The Bertz CT molecular complexity index is 369. The summed E-state index contributed by atoms with van der Waals surface area (Å²) >= 11 is 0. The Morgan fingerprint density at radius 2 is 2.05 bits per heavy atom. The second kappa shape index (κ2) is 11.3. The van der Waals surface area contributed by atoms with Crippen molar-refractivity contribution in [2.24, 2.45) is 0 Å². The highest BCUT2D eigenvalue weighted by Crippen LogP contribution is 2.16. The van der Waals surface area contributed by atoms with Crippen molar-refractivity contribution in [2.45, 2.75) is 44.7 Å². The Morgan fingerprint density at radius 3 is 2.73 bits per heavy atom. The zero-order chi connectivity index (χ0) is 16.2. The number of esters is 1. The predicted molar refractivity (Wildman–Crippen MR) is 86.3 cm³/mol. The van der Waals surface area contributed by atoms with Crippen molar-refractivity contribution in [1.82, 2.24) is 5.32 Å². The molecule has 0 bridgehead atoms. The average molecular weight is 329 g/mol. The van der Waals surface area contributed by atoms with Gasteiger partial charge in [0.25, 0.3) is 0 Å². The van der Waals surface area contributed by atoms with Crippen LogP contribution in [0, 0.1) is 0 Å². The third-order valence-corrected chi connectivity index (χ3v) is 6.19. The second-order valence-corrected chi connectivity index (χ2v) is 8.20. The first-order valence-corrected chi connectivity index (χ1v) is 10.0. The molecule has 6 nitrogen and oxygen atoms in total. The summed E-state index contributed by atoms with van der Waals surface area (Å²) in [6.07, 6.45) is 3.96. The number of alkyl carbamates (subject to hydrolysis) is 1. The molecule has 22 heavy (non-hydrogen) atoms. The molecule has 0 radical (unpaired) electrons. The minimum Gasteiger partial charge on any atom is -0.460 e. The molecule has 1 aliphatic heterocycles. The Balaban J connectivity index is 1.90. The number of rotatable bonds is 9. The topological polar surface area (TPSA) is 73.9 Å². The van der Waals surface area contributed by atoms with Crippen molar-refractivity contribution < 1.29 is 23.5 Å². The van der Waals surface area contributed by atoms with E-state index >= 15 is 0 Å². The summed E-state index contributed by atoms with van der Waals surface area (Å²) < 4.78 is 15.7. The molecule has 7 heteroatoms. The molecule has 1 rings (SSSR count). The maximum Gasteiger partial charge on any atom is 0.407 e. The maximum atomic E-state index is 11.4. The quantitative estimate of drug-likeness (QED) is 0.304. The lowest BCUT2D eigenvalue weighted by molar-refractivity contribution is -0.138. The summed E-state index contributed by atoms with van der Waals surface area (Å²) in [7, 11) is -0.946. The van der Waals surface area contributed by atoms with Gasteiger partial charge in [0.1, 0.15) is 6.61 Å². The Hall–Kier alpha value is -1.34. The van der Waals surface area contributed by atoms with Crippen LogP contribution in [0.4, 0.5) is 4.79 Å². The Labute approximate surface area is 133 Å². The van der Waals surface area contributed by atoms with Crippen LogP contribution in [-0.4, -0.2) is 47.5 Å². The molecule has 1 amide bonds. The molecule has 0 aliphatic carbocycles. The fraction of sp³-hybridized carbons (Fsp3) is 0.733. The van der Waals surface area contributed by atoms with Gasteiger partial charge in [0, 0.05) is 12.2 Å². The highest BCUT2D eigenvalue weighted by Gasteiger charge is 2.15. The van der Waals surface area contributed by atoms with Crippen molar-refractivity contribution in [2.75, 3.05) is 26.4 Å². The largest absolute Gasteiger partial charge is 0.460 e. The molecule has 1 aliphatic rings. The van der Waals surface area contributed by atoms with Gasteiger partial charge in [0.05, 0.1) is 13.2 Å². The first-order chi connectivity index (χ1) is 10.6. The van der Waals surface area contributed by atoms with Crippen LogP contribution in [0.25, 0.3) is 0 Å². The van der Waals surface area contributed by atoms with Crippen LogP contribution in [0.5, 0.6) is 0 Å². The zero-order valence-corrected chi connectivity index (χ0v) is 14.6. The highest BCUT2D eigenvalue weighted by atomic mass is 28.3. The zero-order valence-electron chi connectivity index (χ0n) is 13.4. The van der Waals surface area contributed by atoms with E-state index in [0.717, 1.165) is 19.4 Å². The number of amides is 1. The summed E-state index contributed by atoms with van der Waals surface area (Å²) in [5.74, 6) is -0.454. The van der Waals surface area contributed by atoms with Gasteiger partial charge in [-0.1, -0.05) is 19.4 Å². The van der Waals surface area contributed by atoms with Crippen LogP contribution in [-0.2, 0) is 18.7 Å². The van der Waals surface area contributed by atoms with Gasteiger partial charge in [-0.2, -0.15) is 0 Å². The summed E-state index contributed by atoms with van der Waals surface area (Å²) in [6, 6.07) is 2.45.